The number of carbonyl (C=O) groups is 2. The predicted molar refractivity (Wildman–Crippen MR) is 113 cm³/mol. The summed E-state index contributed by atoms with van der Waals surface area (Å²) in [6, 6.07) is 11.5. The minimum atomic E-state index is -5.16. The number of halogens is 6. The molecular formula is C24H17F6NO4. The Bertz CT molecular complexity index is 1220. The van der Waals surface area contributed by atoms with Crippen LogP contribution in [0.2, 0.25) is 0 Å². The van der Waals surface area contributed by atoms with Crippen molar-refractivity contribution in [2.24, 2.45) is 5.73 Å². The first-order chi connectivity index (χ1) is 16.3. The summed E-state index contributed by atoms with van der Waals surface area (Å²) < 4.78 is 90.9. The zero-order valence-electron chi connectivity index (χ0n) is 18.0. The van der Waals surface area contributed by atoms with Gasteiger partial charge in [0.1, 0.15) is 12.4 Å². The minimum absolute atomic E-state index is 0.0684. The second kappa shape index (κ2) is 9.69. The van der Waals surface area contributed by atoms with E-state index in [0.29, 0.717) is 17.7 Å². The number of amides is 1. The minimum Gasteiger partial charge on any atom is -0.488 e. The molecule has 0 aliphatic heterocycles. The highest BCUT2D eigenvalue weighted by Crippen LogP contribution is 2.42. The van der Waals surface area contributed by atoms with Gasteiger partial charge in [0.25, 0.3) is 5.91 Å². The van der Waals surface area contributed by atoms with Crippen LogP contribution in [0.1, 0.15) is 37.4 Å². The van der Waals surface area contributed by atoms with E-state index in [1.165, 1.54) is 0 Å². The molecule has 0 aliphatic carbocycles. The van der Waals surface area contributed by atoms with Gasteiger partial charge in [-0.3, -0.25) is 4.79 Å². The number of ether oxygens (including phenoxy) is 2. The van der Waals surface area contributed by atoms with E-state index >= 15 is 0 Å². The molecule has 0 saturated carbocycles. The van der Waals surface area contributed by atoms with Crippen LogP contribution < -0.4 is 10.5 Å². The molecule has 0 aliphatic rings. The van der Waals surface area contributed by atoms with Crippen molar-refractivity contribution in [2.45, 2.75) is 19.0 Å². The van der Waals surface area contributed by atoms with Crippen molar-refractivity contribution >= 4 is 11.9 Å². The maximum absolute atomic E-state index is 13.4. The normalized spacial score (nSPS) is 11.7. The van der Waals surface area contributed by atoms with Crippen LogP contribution in [0.3, 0.4) is 0 Å². The summed E-state index contributed by atoms with van der Waals surface area (Å²) in [6.45, 7) is -0.103. The topological polar surface area (TPSA) is 78.6 Å². The first-order valence-electron chi connectivity index (χ1n) is 9.84. The zero-order chi connectivity index (χ0) is 26.0. The molecule has 0 bridgehead atoms. The highest BCUT2D eigenvalue weighted by atomic mass is 19.4. The van der Waals surface area contributed by atoms with Crippen LogP contribution in [0, 0.1) is 0 Å². The lowest BCUT2D eigenvalue weighted by Gasteiger charge is -2.19. The highest BCUT2D eigenvalue weighted by Gasteiger charge is 2.38. The first kappa shape index (κ1) is 25.6. The number of rotatable bonds is 6. The van der Waals surface area contributed by atoms with Crippen molar-refractivity contribution in [1.29, 1.82) is 0 Å². The zero-order valence-corrected chi connectivity index (χ0v) is 18.0. The predicted octanol–water partition coefficient (Wildman–Crippen LogP) is 5.86. The number of methoxy groups -OCH3 is 1. The van der Waals surface area contributed by atoms with Crippen molar-refractivity contribution in [1.82, 2.24) is 0 Å². The lowest BCUT2D eigenvalue weighted by Crippen LogP contribution is -2.18. The molecule has 0 fully saturated rings. The molecule has 3 aromatic carbocycles. The number of primary amides is 1. The van der Waals surface area contributed by atoms with Crippen LogP contribution in [-0.2, 0) is 23.7 Å². The number of hydrogen-bond donors (Lipinski definition) is 1. The van der Waals surface area contributed by atoms with Gasteiger partial charge in [0, 0.05) is 5.56 Å². The molecule has 0 heterocycles. The van der Waals surface area contributed by atoms with Gasteiger partial charge in [-0.05, 0) is 41.5 Å². The fourth-order valence-corrected chi connectivity index (χ4v) is 3.36. The third-order valence-electron chi connectivity index (χ3n) is 4.93. The van der Waals surface area contributed by atoms with Crippen LogP contribution in [0.5, 0.6) is 5.75 Å². The van der Waals surface area contributed by atoms with Crippen LogP contribution >= 0.6 is 0 Å². The standard InChI is InChI=1S/C24H17F6NO4/c1-34-22(33)17-7-8-18(35-12-13-5-3-2-4-6-13)20(21(31)32)19(17)14-9-15(23(25,26)27)11-16(10-14)24(28,29)30/h2-11H,12H2,1H3,(H2,31,32). The van der Waals surface area contributed by atoms with Gasteiger partial charge in [0.2, 0.25) is 0 Å². The van der Waals surface area contributed by atoms with Crippen LogP contribution in [0.15, 0.2) is 60.7 Å². The fraction of sp³-hybridized carbons (Fsp3) is 0.167. The molecule has 0 unspecified atom stereocenters. The number of hydrogen-bond acceptors (Lipinski definition) is 4. The highest BCUT2D eigenvalue weighted by molar-refractivity contribution is 6.09. The lowest BCUT2D eigenvalue weighted by molar-refractivity contribution is -0.143. The smallest absolute Gasteiger partial charge is 0.416 e. The molecule has 0 atom stereocenters. The molecule has 0 aromatic heterocycles. The second-order valence-electron chi connectivity index (χ2n) is 7.29. The average Bonchev–Trinajstić information content (AvgIpc) is 2.80. The van der Waals surface area contributed by atoms with E-state index in [1.54, 1.807) is 30.3 Å². The Morgan fingerprint density at radius 3 is 1.91 bits per heavy atom. The quantitative estimate of drug-likeness (QED) is 0.342. The van der Waals surface area contributed by atoms with Crippen molar-refractivity contribution in [3.8, 4) is 16.9 Å². The Morgan fingerprint density at radius 2 is 1.43 bits per heavy atom. The van der Waals surface area contributed by atoms with Gasteiger partial charge in [-0.2, -0.15) is 26.3 Å². The Kier molecular flexibility index (Phi) is 7.09. The van der Waals surface area contributed by atoms with E-state index in [4.69, 9.17) is 10.5 Å². The van der Waals surface area contributed by atoms with E-state index < -0.39 is 57.6 Å². The van der Waals surface area contributed by atoms with Crippen molar-refractivity contribution in [3.63, 3.8) is 0 Å². The van der Waals surface area contributed by atoms with Crippen LogP contribution in [0.4, 0.5) is 26.3 Å². The summed E-state index contributed by atoms with van der Waals surface area (Å²) in [5, 5.41) is 0. The Morgan fingerprint density at radius 1 is 0.857 bits per heavy atom. The van der Waals surface area contributed by atoms with E-state index in [-0.39, 0.29) is 18.4 Å². The molecule has 35 heavy (non-hydrogen) atoms. The second-order valence-corrected chi connectivity index (χ2v) is 7.29. The van der Waals surface area contributed by atoms with Gasteiger partial charge < -0.3 is 15.2 Å². The first-order valence-corrected chi connectivity index (χ1v) is 9.84. The van der Waals surface area contributed by atoms with E-state index in [1.807, 2.05) is 0 Å². The van der Waals surface area contributed by atoms with Crippen LogP contribution in [-0.4, -0.2) is 19.0 Å². The molecule has 3 rings (SSSR count). The Labute approximate surface area is 195 Å². The summed E-state index contributed by atoms with van der Waals surface area (Å²) in [7, 11) is 0.961. The van der Waals surface area contributed by atoms with E-state index in [0.717, 1.165) is 19.2 Å². The van der Waals surface area contributed by atoms with Gasteiger partial charge in [0.05, 0.1) is 29.4 Å². The average molecular weight is 497 g/mol. The monoisotopic (exact) mass is 497 g/mol. The van der Waals surface area contributed by atoms with E-state index in [2.05, 4.69) is 4.74 Å². The van der Waals surface area contributed by atoms with Gasteiger partial charge >= 0.3 is 18.3 Å². The molecule has 0 radical (unpaired) electrons. The van der Waals surface area contributed by atoms with Gasteiger partial charge in [0.15, 0.2) is 0 Å². The molecular weight excluding hydrogens is 480 g/mol. The number of alkyl halides is 6. The summed E-state index contributed by atoms with van der Waals surface area (Å²) in [6.07, 6.45) is -10.3. The molecule has 1 amide bonds. The summed E-state index contributed by atoms with van der Waals surface area (Å²) in [5.41, 5.74) is 0.509. The number of esters is 1. The molecule has 3 aromatic rings. The summed E-state index contributed by atoms with van der Waals surface area (Å²) >= 11 is 0. The third kappa shape index (κ3) is 5.73. The maximum Gasteiger partial charge on any atom is 0.416 e. The van der Waals surface area contributed by atoms with Crippen molar-refractivity contribution < 1.29 is 45.4 Å². The molecule has 2 N–H and O–H groups in total. The molecule has 5 nitrogen and oxygen atoms in total. The number of carbonyl (C=O) groups excluding carboxylic acids is 2. The molecule has 11 heteroatoms. The fourth-order valence-electron chi connectivity index (χ4n) is 3.36. The summed E-state index contributed by atoms with van der Waals surface area (Å²) in [4.78, 5) is 24.8. The van der Waals surface area contributed by atoms with Gasteiger partial charge in [-0.25, -0.2) is 4.79 Å². The summed E-state index contributed by atoms with van der Waals surface area (Å²) in [5.74, 6) is -2.59. The van der Waals surface area contributed by atoms with Crippen molar-refractivity contribution in [2.75, 3.05) is 7.11 Å². The Hall–Kier alpha value is -4.02. The third-order valence-corrected chi connectivity index (χ3v) is 4.93. The number of benzene rings is 3. The largest absolute Gasteiger partial charge is 0.488 e. The van der Waals surface area contributed by atoms with E-state index in [9.17, 15) is 35.9 Å². The van der Waals surface area contributed by atoms with Crippen molar-refractivity contribution in [3.05, 3.63) is 88.5 Å². The number of nitrogens with two attached hydrogens (primary N) is 1. The van der Waals surface area contributed by atoms with Gasteiger partial charge in [-0.1, -0.05) is 30.3 Å². The molecule has 0 saturated heterocycles. The lowest BCUT2D eigenvalue weighted by atomic mass is 9.90. The van der Waals surface area contributed by atoms with Gasteiger partial charge in [-0.15, -0.1) is 0 Å². The SMILES string of the molecule is COC(=O)c1ccc(OCc2ccccc2)c(C(N)=O)c1-c1cc(C(F)(F)F)cc(C(F)(F)F)c1. The Balaban J connectivity index is 2.31. The maximum atomic E-state index is 13.4. The molecule has 184 valence electrons. The molecule has 0 spiro atoms. The van der Waals surface area contributed by atoms with Crippen LogP contribution in [0.25, 0.3) is 11.1 Å².